The second-order valence-corrected chi connectivity index (χ2v) is 6.48. The van der Waals surface area contributed by atoms with Crippen LogP contribution in [0, 0.1) is 0 Å². The van der Waals surface area contributed by atoms with Crippen LogP contribution in [0.3, 0.4) is 0 Å². The first-order chi connectivity index (χ1) is 10.1. The number of thiazole rings is 1. The Labute approximate surface area is 131 Å². The Bertz CT molecular complexity index is 667. The van der Waals surface area contributed by atoms with Crippen LogP contribution in [0.2, 0.25) is 5.02 Å². The molecule has 1 heterocycles. The molecule has 1 aliphatic rings. The van der Waals surface area contributed by atoms with Gasteiger partial charge in [0.25, 0.3) is 0 Å². The second kappa shape index (κ2) is 5.75. The van der Waals surface area contributed by atoms with Crippen molar-refractivity contribution >= 4 is 28.9 Å². The molecule has 0 unspecified atom stereocenters. The van der Waals surface area contributed by atoms with Gasteiger partial charge in [-0.2, -0.15) is 0 Å². The number of hydrogen-bond acceptors (Lipinski definition) is 4. The quantitative estimate of drug-likeness (QED) is 0.883. The monoisotopic (exact) mass is 322 g/mol. The van der Waals surface area contributed by atoms with Crippen molar-refractivity contribution in [2.45, 2.75) is 31.3 Å². The summed E-state index contributed by atoms with van der Waals surface area (Å²) in [7, 11) is 0. The molecule has 1 aliphatic carbocycles. The van der Waals surface area contributed by atoms with E-state index >= 15 is 0 Å². The van der Waals surface area contributed by atoms with Crippen molar-refractivity contribution in [1.82, 2.24) is 10.3 Å². The molecule has 0 spiro atoms. The molecular weight excluding hydrogens is 308 g/mol. The fourth-order valence-electron chi connectivity index (χ4n) is 2.40. The first-order valence-electron chi connectivity index (χ1n) is 6.78. The zero-order chi connectivity index (χ0) is 14.9. The molecule has 21 heavy (non-hydrogen) atoms. The summed E-state index contributed by atoms with van der Waals surface area (Å²) < 4.78 is 0. The number of rotatable bonds is 5. The molecule has 1 aromatic carbocycles. The van der Waals surface area contributed by atoms with Crippen molar-refractivity contribution < 1.29 is 9.90 Å². The van der Waals surface area contributed by atoms with E-state index in [1.54, 1.807) is 0 Å². The van der Waals surface area contributed by atoms with E-state index in [0.717, 1.165) is 22.7 Å². The summed E-state index contributed by atoms with van der Waals surface area (Å²) >= 11 is 7.68. The highest BCUT2D eigenvalue weighted by Gasteiger charge is 2.43. The third kappa shape index (κ3) is 2.81. The molecule has 110 valence electrons. The van der Waals surface area contributed by atoms with Gasteiger partial charge in [-0.25, -0.2) is 4.98 Å². The number of aromatic nitrogens is 1. The van der Waals surface area contributed by atoms with Crippen molar-refractivity contribution in [2.24, 2.45) is 0 Å². The molecule has 1 aromatic heterocycles. The van der Waals surface area contributed by atoms with Gasteiger partial charge in [0.15, 0.2) is 0 Å². The predicted octanol–water partition coefficient (Wildman–Crippen LogP) is 3.56. The number of carbonyl (C=O) groups is 1. The summed E-state index contributed by atoms with van der Waals surface area (Å²) in [4.78, 5) is 15.8. The van der Waals surface area contributed by atoms with Gasteiger partial charge in [-0.05, 0) is 25.3 Å². The van der Waals surface area contributed by atoms with E-state index < -0.39 is 11.5 Å². The highest BCUT2D eigenvalue weighted by atomic mass is 35.5. The van der Waals surface area contributed by atoms with Crippen LogP contribution in [0.4, 0.5) is 0 Å². The third-order valence-corrected chi connectivity index (χ3v) is 5.13. The summed E-state index contributed by atoms with van der Waals surface area (Å²) in [5, 5.41) is 15.9. The summed E-state index contributed by atoms with van der Waals surface area (Å²) in [6.45, 7) is 0.466. The number of aliphatic carboxylic acids is 1. The molecule has 4 nitrogen and oxygen atoms in total. The maximum atomic E-state index is 11.3. The third-order valence-electron chi connectivity index (χ3n) is 3.88. The molecule has 0 radical (unpaired) electrons. The van der Waals surface area contributed by atoms with E-state index in [0.29, 0.717) is 24.4 Å². The molecule has 0 aliphatic heterocycles. The molecule has 0 bridgehead atoms. The van der Waals surface area contributed by atoms with E-state index in [1.807, 2.05) is 29.6 Å². The molecule has 3 rings (SSSR count). The Balaban J connectivity index is 1.71. The minimum absolute atomic E-state index is 0.466. The zero-order valence-corrected chi connectivity index (χ0v) is 12.9. The van der Waals surface area contributed by atoms with Crippen molar-refractivity contribution in [3.05, 3.63) is 40.4 Å². The molecule has 1 fully saturated rings. The molecule has 6 heteroatoms. The first-order valence-corrected chi connectivity index (χ1v) is 8.04. The van der Waals surface area contributed by atoms with Gasteiger partial charge >= 0.3 is 5.97 Å². The number of nitrogens with one attached hydrogen (secondary N) is 1. The number of halogens is 1. The van der Waals surface area contributed by atoms with Crippen molar-refractivity contribution in [3.63, 3.8) is 0 Å². The lowest BCUT2D eigenvalue weighted by molar-refractivity contribution is -0.148. The number of benzene rings is 1. The van der Waals surface area contributed by atoms with Gasteiger partial charge in [0, 0.05) is 17.5 Å². The minimum atomic E-state index is -0.768. The van der Waals surface area contributed by atoms with Crippen LogP contribution in [0.1, 0.15) is 25.0 Å². The van der Waals surface area contributed by atoms with Crippen molar-refractivity contribution in [1.29, 1.82) is 0 Å². The molecule has 1 saturated carbocycles. The van der Waals surface area contributed by atoms with Crippen LogP contribution in [-0.4, -0.2) is 21.6 Å². The maximum absolute atomic E-state index is 11.3. The van der Waals surface area contributed by atoms with Crippen LogP contribution in [-0.2, 0) is 11.3 Å². The molecule has 0 saturated heterocycles. The van der Waals surface area contributed by atoms with Crippen LogP contribution in [0.5, 0.6) is 0 Å². The molecule has 2 N–H and O–H groups in total. The molecule has 0 amide bonds. The van der Waals surface area contributed by atoms with E-state index in [2.05, 4.69) is 10.3 Å². The fourth-order valence-corrected chi connectivity index (χ4v) is 3.54. The van der Waals surface area contributed by atoms with Gasteiger partial charge in [0.05, 0.1) is 10.7 Å². The van der Waals surface area contributed by atoms with Gasteiger partial charge in [-0.1, -0.05) is 29.8 Å². The smallest absolute Gasteiger partial charge is 0.323 e. The average molecular weight is 323 g/mol. The minimum Gasteiger partial charge on any atom is -0.480 e. The fraction of sp³-hybridized carbons (Fsp3) is 0.333. The van der Waals surface area contributed by atoms with E-state index in [9.17, 15) is 9.90 Å². The summed E-state index contributed by atoms with van der Waals surface area (Å²) in [6, 6.07) is 7.58. The zero-order valence-electron chi connectivity index (χ0n) is 11.3. The number of nitrogens with zero attached hydrogens (tertiary/aromatic N) is 1. The van der Waals surface area contributed by atoms with Gasteiger partial charge in [0.2, 0.25) is 0 Å². The highest BCUT2D eigenvalue weighted by Crippen LogP contribution is 2.33. The largest absolute Gasteiger partial charge is 0.480 e. The summed E-state index contributed by atoms with van der Waals surface area (Å²) in [5.41, 5.74) is 1.00. The number of carboxylic acids is 1. The maximum Gasteiger partial charge on any atom is 0.323 e. The summed E-state index contributed by atoms with van der Waals surface area (Å²) in [5.74, 6) is -0.768. The predicted molar refractivity (Wildman–Crippen MR) is 83.6 cm³/mol. The first kappa shape index (κ1) is 14.5. The van der Waals surface area contributed by atoms with Crippen LogP contribution in [0.25, 0.3) is 10.6 Å². The summed E-state index contributed by atoms with van der Waals surface area (Å²) in [6.07, 6.45) is 2.33. The molecular formula is C15H15ClN2O2S. The van der Waals surface area contributed by atoms with Crippen LogP contribution < -0.4 is 5.32 Å². The lowest BCUT2D eigenvalue weighted by Crippen LogP contribution is -2.56. The van der Waals surface area contributed by atoms with Crippen LogP contribution in [0.15, 0.2) is 29.6 Å². The Hall–Kier alpha value is -1.43. The normalized spacial score (nSPS) is 16.4. The Morgan fingerprint density at radius 2 is 2.19 bits per heavy atom. The van der Waals surface area contributed by atoms with Gasteiger partial charge in [-0.15, -0.1) is 11.3 Å². The van der Waals surface area contributed by atoms with Crippen LogP contribution >= 0.6 is 22.9 Å². The molecule has 2 aromatic rings. The topological polar surface area (TPSA) is 62.2 Å². The SMILES string of the molecule is O=C(O)C1(NCc2csc(-c3ccccc3Cl)n2)CCC1. The van der Waals surface area contributed by atoms with E-state index in [4.69, 9.17) is 11.6 Å². The lowest BCUT2D eigenvalue weighted by Gasteiger charge is -2.38. The number of carboxylic acid groups (broad SMARTS) is 1. The van der Waals surface area contributed by atoms with E-state index in [1.165, 1.54) is 11.3 Å². The number of hydrogen-bond donors (Lipinski definition) is 2. The van der Waals surface area contributed by atoms with Crippen molar-refractivity contribution in [2.75, 3.05) is 0 Å². The Morgan fingerprint density at radius 1 is 1.43 bits per heavy atom. The highest BCUT2D eigenvalue weighted by molar-refractivity contribution is 7.13. The van der Waals surface area contributed by atoms with Gasteiger partial charge in [-0.3, -0.25) is 10.1 Å². The van der Waals surface area contributed by atoms with Crippen molar-refractivity contribution in [3.8, 4) is 10.6 Å². The molecule has 0 atom stereocenters. The van der Waals surface area contributed by atoms with Gasteiger partial charge in [0.1, 0.15) is 10.5 Å². The Kier molecular flexibility index (Phi) is 3.97. The lowest BCUT2D eigenvalue weighted by atomic mass is 9.77. The second-order valence-electron chi connectivity index (χ2n) is 5.22. The van der Waals surface area contributed by atoms with Gasteiger partial charge < -0.3 is 5.11 Å². The standard InChI is InChI=1S/C15H15ClN2O2S/c16-12-5-2-1-4-11(12)13-18-10(9-21-13)8-17-15(14(19)20)6-3-7-15/h1-2,4-5,9,17H,3,6-8H2,(H,19,20). The average Bonchev–Trinajstić information content (AvgIpc) is 2.86. The Morgan fingerprint density at radius 3 is 2.81 bits per heavy atom. The van der Waals surface area contributed by atoms with E-state index in [-0.39, 0.29) is 0 Å².